The third-order valence-corrected chi connectivity index (χ3v) is 4.19. The molecule has 100 valence electrons. The van der Waals surface area contributed by atoms with Gasteiger partial charge < -0.3 is 0 Å². The SMILES string of the molecule is CCn1nc(CC(=O)C2CCCC2)c2ccccc21. The van der Waals surface area contributed by atoms with Gasteiger partial charge in [-0.3, -0.25) is 9.48 Å². The number of hydrogen-bond acceptors (Lipinski definition) is 2. The van der Waals surface area contributed by atoms with Crippen molar-refractivity contribution in [3.8, 4) is 0 Å². The van der Waals surface area contributed by atoms with Gasteiger partial charge in [-0.2, -0.15) is 5.10 Å². The van der Waals surface area contributed by atoms with Crippen LogP contribution in [0.15, 0.2) is 24.3 Å². The van der Waals surface area contributed by atoms with Crippen LogP contribution in [-0.4, -0.2) is 15.6 Å². The normalized spacial score (nSPS) is 16.3. The first kappa shape index (κ1) is 12.4. The van der Waals surface area contributed by atoms with E-state index in [0.717, 1.165) is 36.0 Å². The van der Waals surface area contributed by atoms with Crippen LogP contribution in [0.5, 0.6) is 0 Å². The fourth-order valence-electron chi connectivity index (χ4n) is 3.12. The maximum atomic E-state index is 12.3. The van der Waals surface area contributed by atoms with E-state index in [0.29, 0.717) is 12.2 Å². The molecular weight excluding hydrogens is 236 g/mol. The molecule has 1 saturated carbocycles. The predicted octanol–water partition coefficient (Wildman–Crippen LogP) is 3.36. The van der Waals surface area contributed by atoms with Crippen molar-refractivity contribution in [1.82, 2.24) is 9.78 Å². The molecule has 0 radical (unpaired) electrons. The monoisotopic (exact) mass is 256 g/mol. The van der Waals surface area contributed by atoms with Crippen LogP contribution in [0.2, 0.25) is 0 Å². The van der Waals surface area contributed by atoms with Crippen LogP contribution in [0.1, 0.15) is 38.3 Å². The summed E-state index contributed by atoms with van der Waals surface area (Å²) in [6, 6.07) is 8.20. The van der Waals surface area contributed by atoms with Gasteiger partial charge in [0.1, 0.15) is 5.78 Å². The van der Waals surface area contributed by atoms with Crippen LogP contribution >= 0.6 is 0 Å². The van der Waals surface area contributed by atoms with Gasteiger partial charge >= 0.3 is 0 Å². The van der Waals surface area contributed by atoms with Gasteiger partial charge in [-0.25, -0.2) is 0 Å². The number of para-hydroxylation sites is 1. The molecule has 0 amide bonds. The van der Waals surface area contributed by atoms with Crippen molar-refractivity contribution in [2.24, 2.45) is 5.92 Å². The van der Waals surface area contributed by atoms with Gasteiger partial charge in [0.05, 0.1) is 17.6 Å². The first-order valence-electron chi connectivity index (χ1n) is 7.26. The number of aromatic nitrogens is 2. The molecule has 0 saturated heterocycles. The van der Waals surface area contributed by atoms with Gasteiger partial charge in [-0.15, -0.1) is 0 Å². The molecule has 2 aromatic rings. The fourth-order valence-corrected chi connectivity index (χ4v) is 3.12. The number of rotatable bonds is 4. The number of nitrogens with zero attached hydrogens (tertiary/aromatic N) is 2. The van der Waals surface area contributed by atoms with Crippen molar-refractivity contribution < 1.29 is 4.79 Å². The Bertz CT molecular complexity index is 594. The summed E-state index contributed by atoms with van der Waals surface area (Å²) >= 11 is 0. The molecule has 0 aliphatic heterocycles. The molecule has 19 heavy (non-hydrogen) atoms. The molecular formula is C16H20N2O. The largest absolute Gasteiger partial charge is 0.299 e. The molecule has 0 N–H and O–H groups in total. The summed E-state index contributed by atoms with van der Waals surface area (Å²) in [7, 11) is 0. The molecule has 3 heteroatoms. The summed E-state index contributed by atoms with van der Waals surface area (Å²) in [5.41, 5.74) is 2.09. The van der Waals surface area contributed by atoms with Crippen molar-refractivity contribution in [2.45, 2.75) is 45.6 Å². The number of aryl methyl sites for hydroxylation is 1. The standard InChI is InChI=1S/C16H20N2O/c1-2-18-15-10-6-5-9-13(15)14(17-18)11-16(19)12-7-3-4-8-12/h5-6,9-10,12H,2-4,7-8,11H2,1H3. The van der Waals surface area contributed by atoms with Crippen LogP contribution in [0, 0.1) is 5.92 Å². The number of carbonyl (C=O) groups is 1. The number of benzene rings is 1. The van der Waals surface area contributed by atoms with E-state index in [1.165, 1.54) is 12.8 Å². The zero-order valence-electron chi connectivity index (χ0n) is 11.4. The lowest BCUT2D eigenvalue weighted by molar-refractivity contribution is -0.122. The van der Waals surface area contributed by atoms with Crippen LogP contribution in [0.25, 0.3) is 10.9 Å². The summed E-state index contributed by atoms with van der Waals surface area (Å²) in [4.78, 5) is 12.3. The second-order valence-electron chi connectivity index (χ2n) is 5.40. The molecule has 0 spiro atoms. The summed E-state index contributed by atoms with van der Waals surface area (Å²) in [5, 5.41) is 5.75. The topological polar surface area (TPSA) is 34.9 Å². The highest BCUT2D eigenvalue weighted by molar-refractivity contribution is 5.89. The fraction of sp³-hybridized carbons (Fsp3) is 0.500. The van der Waals surface area contributed by atoms with Gasteiger partial charge in [0.15, 0.2) is 0 Å². The maximum Gasteiger partial charge on any atom is 0.142 e. The van der Waals surface area contributed by atoms with E-state index in [9.17, 15) is 4.79 Å². The lowest BCUT2D eigenvalue weighted by atomic mass is 9.98. The molecule has 1 aliphatic carbocycles. The lowest BCUT2D eigenvalue weighted by Gasteiger charge is -2.05. The molecule has 1 heterocycles. The average molecular weight is 256 g/mol. The highest BCUT2D eigenvalue weighted by Crippen LogP contribution is 2.27. The Kier molecular flexibility index (Phi) is 3.36. The Balaban J connectivity index is 1.90. The van der Waals surface area contributed by atoms with E-state index in [1.54, 1.807) is 0 Å². The summed E-state index contributed by atoms with van der Waals surface area (Å²) in [6.45, 7) is 2.93. The minimum Gasteiger partial charge on any atom is -0.299 e. The Labute approximate surface area is 113 Å². The summed E-state index contributed by atoms with van der Waals surface area (Å²) in [6.07, 6.45) is 5.07. The van der Waals surface area contributed by atoms with Gasteiger partial charge in [0.2, 0.25) is 0 Å². The second-order valence-corrected chi connectivity index (χ2v) is 5.40. The summed E-state index contributed by atoms with van der Waals surface area (Å²) in [5.74, 6) is 0.662. The van der Waals surface area contributed by atoms with Gasteiger partial charge in [-0.05, 0) is 25.8 Å². The number of ketones is 1. The quantitative estimate of drug-likeness (QED) is 0.840. The summed E-state index contributed by atoms with van der Waals surface area (Å²) < 4.78 is 1.99. The minimum atomic E-state index is 0.283. The minimum absolute atomic E-state index is 0.283. The van der Waals surface area contributed by atoms with Crippen molar-refractivity contribution in [3.05, 3.63) is 30.0 Å². The van der Waals surface area contributed by atoms with Crippen molar-refractivity contribution in [3.63, 3.8) is 0 Å². The van der Waals surface area contributed by atoms with E-state index in [4.69, 9.17) is 0 Å². The Hall–Kier alpha value is -1.64. The molecule has 0 unspecified atom stereocenters. The highest BCUT2D eigenvalue weighted by atomic mass is 16.1. The first-order chi connectivity index (χ1) is 9.29. The van der Waals surface area contributed by atoms with E-state index in [1.807, 2.05) is 16.8 Å². The molecule has 3 nitrogen and oxygen atoms in total. The van der Waals surface area contributed by atoms with Gasteiger partial charge in [0, 0.05) is 17.8 Å². The van der Waals surface area contributed by atoms with Crippen molar-refractivity contribution >= 4 is 16.7 Å². The predicted molar refractivity (Wildman–Crippen MR) is 76.1 cm³/mol. The molecule has 1 aromatic heterocycles. The van der Waals surface area contributed by atoms with Crippen molar-refractivity contribution in [1.29, 1.82) is 0 Å². The molecule has 0 atom stereocenters. The maximum absolute atomic E-state index is 12.3. The van der Waals surface area contributed by atoms with E-state index < -0.39 is 0 Å². The number of Topliss-reactive ketones (excluding diaryl/α,β-unsaturated/α-hetero) is 1. The van der Waals surface area contributed by atoms with Crippen LogP contribution < -0.4 is 0 Å². The molecule has 1 fully saturated rings. The third-order valence-electron chi connectivity index (χ3n) is 4.19. The molecule has 0 bridgehead atoms. The Morgan fingerprint density at radius 2 is 2.05 bits per heavy atom. The zero-order valence-corrected chi connectivity index (χ0v) is 11.4. The van der Waals surface area contributed by atoms with Crippen LogP contribution in [0.4, 0.5) is 0 Å². The molecule has 1 aliphatic rings. The van der Waals surface area contributed by atoms with Crippen LogP contribution in [-0.2, 0) is 17.8 Å². The molecule has 1 aromatic carbocycles. The third kappa shape index (κ3) is 2.29. The first-order valence-corrected chi connectivity index (χ1v) is 7.26. The Morgan fingerprint density at radius 3 is 2.79 bits per heavy atom. The van der Waals surface area contributed by atoms with E-state index in [-0.39, 0.29) is 5.92 Å². The Morgan fingerprint density at radius 1 is 1.32 bits per heavy atom. The van der Waals surface area contributed by atoms with Crippen LogP contribution in [0.3, 0.4) is 0 Å². The highest BCUT2D eigenvalue weighted by Gasteiger charge is 2.24. The van der Waals surface area contributed by atoms with Gasteiger partial charge in [-0.1, -0.05) is 31.0 Å². The van der Waals surface area contributed by atoms with Gasteiger partial charge in [0.25, 0.3) is 0 Å². The zero-order chi connectivity index (χ0) is 13.2. The number of fused-ring (bicyclic) bond motifs is 1. The van der Waals surface area contributed by atoms with Crippen molar-refractivity contribution in [2.75, 3.05) is 0 Å². The molecule has 3 rings (SSSR count). The number of hydrogen-bond donors (Lipinski definition) is 0. The van der Waals surface area contributed by atoms with E-state index in [2.05, 4.69) is 24.2 Å². The van der Waals surface area contributed by atoms with E-state index >= 15 is 0 Å². The lowest BCUT2D eigenvalue weighted by Crippen LogP contribution is -2.14. The smallest absolute Gasteiger partial charge is 0.142 e. The second kappa shape index (κ2) is 5.16. The average Bonchev–Trinajstić information content (AvgIpc) is 3.07. The number of carbonyl (C=O) groups excluding carboxylic acids is 1.